The first kappa shape index (κ1) is 24.4. The molecule has 0 radical (unpaired) electrons. The Morgan fingerprint density at radius 3 is 2.38 bits per heavy atom. The van der Waals surface area contributed by atoms with Crippen LogP contribution in [0.2, 0.25) is 5.02 Å². The van der Waals surface area contributed by atoms with Crippen molar-refractivity contribution >= 4 is 23.4 Å². The SMILES string of the molecule is COc1ccccc1C(=O)N1CCC[C@](COc2ccc(Cl)cc2)(CC(=O)N2CCCCC2)C1. The van der Waals surface area contributed by atoms with Gasteiger partial charge in [-0.3, -0.25) is 9.59 Å². The molecule has 2 amide bonds. The second-order valence-corrected chi connectivity index (χ2v) is 9.83. The Bertz CT molecular complexity index is 990. The number of rotatable bonds is 7. The van der Waals surface area contributed by atoms with Crippen LogP contribution in [0.1, 0.15) is 48.9 Å². The van der Waals surface area contributed by atoms with Crippen molar-refractivity contribution in [2.45, 2.75) is 38.5 Å². The number of benzene rings is 2. The van der Waals surface area contributed by atoms with Gasteiger partial charge in [-0.1, -0.05) is 23.7 Å². The standard InChI is InChI=1S/C27H33ClN2O4/c1-33-24-9-4-3-8-23(24)26(32)30-17-7-14-27(19-30,18-25(31)29-15-5-2-6-16-29)20-34-22-12-10-21(28)11-13-22/h3-4,8-13H,2,5-7,14-20H2,1H3/t27-/m0/s1. The van der Waals surface area contributed by atoms with Gasteiger partial charge < -0.3 is 19.3 Å². The van der Waals surface area contributed by atoms with E-state index < -0.39 is 5.41 Å². The van der Waals surface area contributed by atoms with Crippen LogP contribution < -0.4 is 9.47 Å². The number of carbonyl (C=O) groups is 2. The van der Waals surface area contributed by atoms with E-state index in [9.17, 15) is 9.59 Å². The zero-order chi connectivity index (χ0) is 24.0. The highest BCUT2D eigenvalue weighted by atomic mass is 35.5. The first-order valence-corrected chi connectivity index (χ1v) is 12.5. The fourth-order valence-electron chi connectivity index (χ4n) is 5.03. The Labute approximate surface area is 206 Å². The third-order valence-corrected chi connectivity index (χ3v) is 7.13. The summed E-state index contributed by atoms with van der Waals surface area (Å²) in [5.41, 5.74) is 0.0890. The second-order valence-electron chi connectivity index (χ2n) is 9.39. The lowest BCUT2D eigenvalue weighted by Gasteiger charge is -2.43. The van der Waals surface area contributed by atoms with Crippen LogP contribution >= 0.6 is 11.6 Å². The molecule has 1 atom stereocenters. The Morgan fingerprint density at radius 2 is 1.65 bits per heavy atom. The van der Waals surface area contributed by atoms with Gasteiger partial charge in [0.2, 0.25) is 5.91 Å². The van der Waals surface area contributed by atoms with Gasteiger partial charge in [0, 0.05) is 43.0 Å². The van der Waals surface area contributed by atoms with E-state index in [-0.39, 0.29) is 11.8 Å². The molecule has 2 aliphatic rings. The maximum atomic E-state index is 13.5. The summed E-state index contributed by atoms with van der Waals surface area (Å²) in [4.78, 5) is 30.6. The molecule has 182 valence electrons. The lowest BCUT2D eigenvalue weighted by Crippen LogP contribution is -2.51. The summed E-state index contributed by atoms with van der Waals surface area (Å²) >= 11 is 6.02. The van der Waals surface area contributed by atoms with E-state index >= 15 is 0 Å². The summed E-state index contributed by atoms with van der Waals surface area (Å²) in [7, 11) is 1.57. The summed E-state index contributed by atoms with van der Waals surface area (Å²) in [5, 5.41) is 0.647. The monoisotopic (exact) mass is 484 g/mol. The highest BCUT2D eigenvalue weighted by molar-refractivity contribution is 6.30. The molecular weight excluding hydrogens is 452 g/mol. The molecule has 0 spiro atoms. The van der Waals surface area contributed by atoms with Crippen LogP contribution in [0.4, 0.5) is 0 Å². The topological polar surface area (TPSA) is 59.1 Å². The quantitative estimate of drug-likeness (QED) is 0.551. The van der Waals surface area contributed by atoms with Crippen LogP contribution in [-0.2, 0) is 4.79 Å². The predicted octanol–water partition coefficient (Wildman–Crippen LogP) is 5.05. The van der Waals surface area contributed by atoms with Crippen molar-refractivity contribution in [3.63, 3.8) is 0 Å². The number of methoxy groups -OCH3 is 1. The van der Waals surface area contributed by atoms with E-state index in [0.29, 0.717) is 48.2 Å². The van der Waals surface area contributed by atoms with E-state index in [0.717, 1.165) is 38.8 Å². The molecule has 0 saturated carbocycles. The molecule has 2 aromatic rings. The van der Waals surface area contributed by atoms with E-state index in [1.165, 1.54) is 6.42 Å². The van der Waals surface area contributed by atoms with Gasteiger partial charge in [0.05, 0.1) is 19.3 Å². The number of nitrogens with zero attached hydrogens (tertiary/aromatic N) is 2. The molecule has 6 nitrogen and oxygen atoms in total. The summed E-state index contributed by atoms with van der Waals surface area (Å²) < 4.78 is 11.6. The first-order valence-electron chi connectivity index (χ1n) is 12.1. The minimum absolute atomic E-state index is 0.0709. The number of halogens is 1. The highest BCUT2D eigenvalue weighted by Gasteiger charge is 2.41. The van der Waals surface area contributed by atoms with Crippen LogP contribution in [0.3, 0.4) is 0 Å². The van der Waals surface area contributed by atoms with Gasteiger partial charge in [-0.05, 0) is 68.5 Å². The third-order valence-electron chi connectivity index (χ3n) is 6.88. The van der Waals surface area contributed by atoms with E-state index in [2.05, 4.69) is 0 Å². The molecular formula is C27H33ClN2O4. The van der Waals surface area contributed by atoms with Crippen molar-refractivity contribution < 1.29 is 19.1 Å². The normalized spacial score (nSPS) is 20.6. The number of hydrogen-bond donors (Lipinski definition) is 0. The molecule has 2 aromatic carbocycles. The maximum Gasteiger partial charge on any atom is 0.257 e. The minimum Gasteiger partial charge on any atom is -0.496 e. The smallest absolute Gasteiger partial charge is 0.257 e. The van der Waals surface area contributed by atoms with Crippen LogP contribution in [0.15, 0.2) is 48.5 Å². The first-order chi connectivity index (χ1) is 16.5. The van der Waals surface area contributed by atoms with Gasteiger partial charge in [0.15, 0.2) is 0 Å². The Balaban J connectivity index is 1.54. The van der Waals surface area contributed by atoms with Gasteiger partial charge in [0.25, 0.3) is 5.91 Å². The summed E-state index contributed by atoms with van der Waals surface area (Å²) in [6.07, 6.45) is 5.30. The number of amides is 2. The van der Waals surface area contributed by atoms with Crippen molar-refractivity contribution in [3.8, 4) is 11.5 Å². The van der Waals surface area contributed by atoms with Crippen LogP contribution in [0.25, 0.3) is 0 Å². The van der Waals surface area contributed by atoms with Gasteiger partial charge >= 0.3 is 0 Å². The zero-order valence-electron chi connectivity index (χ0n) is 19.8. The second kappa shape index (κ2) is 11.1. The molecule has 0 aromatic heterocycles. The number of piperidine rings is 2. The van der Waals surface area contributed by atoms with Gasteiger partial charge in [-0.25, -0.2) is 0 Å². The number of hydrogen-bond acceptors (Lipinski definition) is 4. The molecule has 2 saturated heterocycles. The maximum absolute atomic E-state index is 13.5. The highest BCUT2D eigenvalue weighted by Crippen LogP contribution is 2.37. The molecule has 0 aliphatic carbocycles. The number of likely N-dealkylation sites (tertiary alicyclic amines) is 2. The van der Waals surface area contributed by atoms with Crippen LogP contribution in [-0.4, -0.2) is 61.5 Å². The van der Waals surface area contributed by atoms with Crippen molar-refractivity contribution in [3.05, 3.63) is 59.1 Å². The molecule has 7 heteroatoms. The number of para-hydroxylation sites is 1. The van der Waals surface area contributed by atoms with Crippen LogP contribution in [0.5, 0.6) is 11.5 Å². The largest absolute Gasteiger partial charge is 0.496 e. The summed E-state index contributed by atoms with van der Waals surface area (Å²) in [6, 6.07) is 14.5. The Hall–Kier alpha value is -2.73. The van der Waals surface area contributed by atoms with Crippen molar-refractivity contribution in [1.82, 2.24) is 9.80 Å². The fourth-order valence-corrected chi connectivity index (χ4v) is 5.16. The van der Waals surface area contributed by atoms with Crippen molar-refractivity contribution in [2.24, 2.45) is 5.41 Å². The Kier molecular flexibility index (Phi) is 7.99. The van der Waals surface area contributed by atoms with Crippen LogP contribution in [0, 0.1) is 5.41 Å². The van der Waals surface area contributed by atoms with E-state index in [1.807, 2.05) is 34.1 Å². The molecule has 2 fully saturated rings. The van der Waals surface area contributed by atoms with E-state index in [4.69, 9.17) is 21.1 Å². The molecule has 34 heavy (non-hydrogen) atoms. The molecule has 2 aliphatic heterocycles. The average Bonchev–Trinajstić information content (AvgIpc) is 2.88. The molecule has 2 heterocycles. The Morgan fingerprint density at radius 1 is 0.941 bits per heavy atom. The van der Waals surface area contributed by atoms with Crippen molar-refractivity contribution in [2.75, 3.05) is 39.9 Å². The summed E-state index contributed by atoms with van der Waals surface area (Å²) in [6.45, 7) is 3.12. The molecule has 0 unspecified atom stereocenters. The van der Waals surface area contributed by atoms with Crippen molar-refractivity contribution in [1.29, 1.82) is 0 Å². The molecule has 0 bridgehead atoms. The van der Waals surface area contributed by atoms with Gasteiger partial charge in [0.1, 0.15) is 11.5 Å². The molecule has 4 rings (SSSR count). The number of carbonyl (C=O) groups excluding carboxylic acids is 2. The zero-order valence-corrected chi connectivity index (χ0v) is 20.6. The number of ether oxygens (including phenoxy) is 2. The predicted molar refractivity (Wildman–Crippen MR) is 133 cm³/mol. The lowest BCUT2D eigenvalue weighted by molar-refractivity contribution is -0.136. The molecule has 0 N–H and O–H groups in total. The van der Waals surface area contributed by atoms with Gasteiger partial charge in [-0.15, -0.1) is 0 Å². The average molecular weight is 485 g/mol. The van der Waals surface area contributed by atoms with E-state index in [1.54, 1.807) is 31.4 Å². The minimum atomic E-state index is -0.454. The third kappa shape index (κ3) is 5.84. The lowest BCUT2D eigenvalue weighted by atomic mass is 9.77. The summed E-state index contributed by atoms with van der Waals surface area (Å²) in [5.74, 6) is 1.36. The van der Waals surface area contributed by atoms with Gasteiger partial charge in [-0.2, -0.15) is 0 Å². The fraction of sp³-hybridized carbons (Fsp3) is 0.481.